The minimum absolute atomic E-state index is 0.350. The summed E-state index contributed by atoms with van der Waals surface area (Å²) in [7, 11) is 0. The average molecular weight is 214 g/mol. The molecule has 1 atom stereocenters. The normalized spacial score (nSPS) is 14.4. The van der Waals surface area contributed by atoms with Crippen LogP contribution in [-0.2, 0) is 6.54 Å². The Labute approximate surface area is 89.8 Å². The number of halogens is 1. The lowest BCUT2D eigenvalue weighted by Crippen LogP contribution is -1.96. The Balaban J connectivity index is 2.68. The molecule has 0 aliphatic heterocycles. The SMILES string of the molecule is CCC(O)c1ccn(C/C(C)=C/Cl)c1. The van der Waals surface area contributed by atoms with Crippen molar-refractivity contribution in [1.29, 1.82) is 0 Å². The summed E-state index contributed by atoms with van der Waals surface area (Å²) in [5.41, 5.74) is 3.64. The van der Waals surface area contributed by atoms with Gasteiger partial charge in [-0.15, -0.1) is 0 Å². The molecule has 2 nitrogen and oxygen atoms in total. The Bertz CT molecular complexity index is 317. The summed E-state index contributed by atoms with van der Waals surface area (Å²) in [6.07, 6.45) is 4.31. The average Bonchev–Trinajstić information content (AvgIpc) is 2.65. The van der Waals surface area contributed by atoms with Crippen molar-refractivity contribution in [3.8, 4) is 0 Å². The van der Waals surface area contributed by atoms with Crippen molar-refractivity contribution in [2.45, 2.75) is 32.9 Å². The predicted molar refractivity (Wildman–Crippen MR) is 59.3 cm³/mol. The molecule has 1 aromatic rings. The molecule has 1 aromatic heterocycles. The molecule has 1 unspecified atom stereocenters. The fourth-order valence-electron chi connectivity index (χ4n) is 1.31. The molecule has 0 saturated heterocycles. The van der Waals surface area contributed by atoms with Crippen LogP contribution in [0.2, 0.25) is 0 Å². The highest BCUT2D eigenvalue weighted by molar-refractivity contribution is 6.25. The van der Waals surface area contributed by atoms with Crippen LogP contribution in [0.4, 0.5) is 0 Å². The van der Waals surface area contributed by atoms with Gasteiger partial charge in [-0.1, -0.05) is 18.5 Å². The minimum atomic E-state index is -0.350. The monoisotopic (exact) mass is 213 g/mol. The maximum atomic E-state index is 9.58. The molecule has 14 heavy (non-hydrogen) atoms. The van der Waals surface area contributed by atoms with Crippen LogP contribution in [-0.4, -0.2) is 9.67 Å². The van der Waals surface area contributed by atoms with Crippen LogP contribution < -0.4 is 0 Å². The summed E-state index contributed by atoms with van der Waals surface area (Å²) in [5.74, 6) is 0. The molecule has 1 N–H and O–H groups in total. The predicted octanol–water partition coefficient (Wildman–Crippen LogP) is 3.07. The Hall–Kier alpha value is -0.730. The van der Waals surface area contributed by atoms with E-state index >= 15 is 0 Å². The summed E-state index contributed by atoms with van der Waals surface area (Å²) in [4.78, 5) is 0. The molecule has 1 heterocycles. The maximum Gasteiger partial charge on any atom is 0.0802 e. The van der Waals surface area contributed by atoms with Crippen LogP contribution in [0.5, 0.6) is 0 Å². The van der Waals surface area contributed by atoms with Gasteiger partial charge < -0.3 is 9.67 Å². The Morgan fingerprint density at radius 1 is 1.71 bits per heavy atom. The van der Waals surface area contributed by atoms with E-state index in [1.807, 2.05) is 36.9 Å². The van der Waals surface area contributed by atoms with Crippen molar-refractivity contribution in [1.82, 2.24) is 4.57 Å². The topological polar surface area (TPSA) is 25.2 Å². The largest absolute Gasteiger partial charge is 0.388 e. The van der Waals surface area contributed by atoms with Crippen LogP contribution in [0.3, 0.4) is 0 Å². The molecule has 0 saturated carbocycles. The summed E-state index contributed by atoms with van der Waals surface area (Å²) >= 11 is 5.57. The standard InChI is InChI=1S/C11H16ClNO/c1-3-11(14)10-4-5-13(8-10)7-9(2)6-12/h4-6,8,11,14H,3,7H2,1-2H3/b9-6+. The van der Waals surface area contributed by atoms with Gasteiger partial charge in [0.1, 0.15) is 0 Å². The van der Waals surface area contributed by atoms with Gasteiger partial charge in [0, 0.05) is 24.5 Å². The fourth-order valence-corrected chi connectivity index (χ4v) is 1.38. The van der Waals surface area contributed by atoms with Gasteiger partial charge in [0.15, 0.2) is 0 Å². The minimum Gasteiger partial charge on any atom is -0.388 e. The van der Waals surface area contributed by atoms with Crippen LogP contribution in [0, 0.1) is 0 Å². The number of hydrogen-bond donors (Lipinski definition) is 1. The van der Waals surface area contributed by atoms with Crippen molar-refractivity contribution in [3.05, 3.63) is 35.1 Å². The number of hydrogen-bond acceptors (Lipinski definition) is 1. The van der Waals surface area contributed by atoms with E-state index in [2.05, 4.69) is 0 Å². The molecule has 0 spiro atoms. The first-order valence-corrected chi connectivity index (χ1v) is 5.20. The second kappa shape index (κ2) is 5.23. The zero-order valence-electron chi connectivity index (χ0n) is 8.57. The quantitative estimate of drug-likeness (QED) is 0.817. The third kappa shape index (κ3) is 2.89. The molecule has 3 heteroatoms. The molecule has 0 aliphatic rings. The van der Waals surface area contributed by atoms with Gasteiger partial charge in [-0.3, -0.25) is 0 Å². The fraction of sp³-hybridized carbons (Fsp3) is 0.455. The summed E-state index contributed by atoms with van der Waals surface area (Å²) in [6.45, 7) is 4.72. The lowest BCUT2D eigenvalue weighted by molar-refractivity contribution is 0.173. The lowest BCUT2D eigenvalue weighted by Gasteiger charge is -2.04. The van der Waals surface area contributed by atoms with Crippen molar-refractivity contribution >= 4 is 11.6 Å². The molecule has 0 amide bonds. The number of rotatable bonds is 4. The summed E-state index contributed by atoms with van der Waals surface area (Å²) in [5, 5.41) is 9.58. The van der Waals surface area contributed by atoms with Crippen molar-refractivity contribution in [3.63, 3.8) is 0 Å². The van der Waals surface area contributed by atoms with E-state index in [1.54, 1.807) is 5.54 Å². The second-order valence-electron chi connectivity index (χ2n) is 3.50. The number of aromatic nitrogens is 1. The third-order valence-electron chi connectivity index (χ3n) is 2.16. The molecule has 0 aliphatic carbocycles. The Kier molecular flexibility index (Phi) is 4.23. The highest BCUT2D eigenvalue weighted by atomic mass is 35.5. The first-order valence-electron chi connectivity index (χ1n) is 4.77. The summed E-state index contributed by atoms with van der Waals surface area (Å²) < 4.78 is 2.02. The first kappa shape index (κ1) is 11.3. The van der Waals surface area contributed by atoms with E-state index in [0.29, 0.717) is 0 Å². The van der Waals surface area contributed by atoms with E-state index in [9.17, 15) is 5.11 Å². The van der Waals surface area contributed by atoms with Gasteiger partial charge in [-0.2, -0.15) is 0 Å². The highest BCUT2D eigenvalue weighted by Gasteiger charge is 2.05. The van der Waals surface area contributed by atoms with E-state index in [4.69, 9.17) is 11.6 Å². The molecule has 0 fully saturated rings. The van der Waals surface area contributed by atoms with Gasteiger partial charge in [0.05, 0.1) is 6.10 Å². The molecule has 0 radical (unpaired) electrons. The second-order valence-corrected chi connectivity index (χ2v) is 3.71. The molecule has 0 aromatic carbocycles. The smallest absolute Gasteiger partial charge is 0.0802 e. The molecule has 78 valence electrons. The van der Waals surface area contributed by atoms with Gasteiger partial charge in [0.2, 0.25) is 0 Å². The number of aliphatic hydroxyl groups excluding tert-OH is 1. The molecular weight excluding hydrogens is 198 g/mol. The van der Waals surface area contributed by atoms with Crippen molar-refractivity contribution in [2.24, 2.45) is 0 Å². The highest BCUT2D eigenvalue weighted by Crippen LogP contribution is 2.16. The lowest BCUT2D eigenvalue weighted by atomic mass is 10.1. The molecule has 1 rings (SSSR count). The molecule has 0 bridgehead atoms. The third-order valence-corrected chi connectivity index (χ3v) is 2.54. The van der Waals surface area contributed by atoms with E-state index in [-0.39, 0.29) is 6.10 Å². The van der Waals surface area contributed by atoms with Crippen LogP contribution in [0.1, 0.15) is 31.9 Å². The Morgan fingerprint density at radius 3 is 3.00 bits per heavy atom. The van der Waals surface area contributed by atoms with E-state index in [1.165, 1.54) is 0 Å². The van der Waals surface area contributed by atoms with Gasteiger partial charge in [-0.05, 0) is 30.5 Å². The number of nitrogens with zero attached hydrogens (tertiary/aromatic N) is 1. The van der Waals surface area contributed by atoms with E-state index < -0.39 is 0 Å². The van der Waals surface area contributed by atoms with Crippen LogP contribution >= 0.6 is 11.6 Å². The van der Waals surface area contributed by atoms with Crippen LogP contribution in [0.15, 0.2) is 29.6 Å². The van der Waals surface area contributed by atoms with Gasteiger partial charge in [-0.25, -0.2) is 0 Å². The summed E-state index contributed by atoms with van der Waals surface area (Å²) in [6, 6.07) is 1.94. The van der Waals surface area contributed by atoms with Gasteiger partial charge >= 0.3 is 0 Å². The van der Waals surface area contributed by atoms with Crippen LogP contribution in [0.25, 0.3) is 0 Å². The Morgan fingerprint density at radius 2 is 2.43 bits per heavy atom. The van der Waals surface area contributed by atoms with Crippen molar-refractivity contribution in [2.75, 3.05) is 0 Å². The first-order chi connectivity index (χ1) is 6.67. The zero-order chi connectivity index (χ0) is 10.6. The number of aliphatic hydroxyl groups is 1. The zero-order valence-corrected chi connectivity index (χ0v) is 9.33. The maximum absolute atomic E-state index is 9.58. The number of allylic oxidation sites excluding steroid dienone is 1. The molecular formula is C11H16ClNO. The van der Waals surface area contributed by atoms with Gasteiger partial charge in [0.25, 0.3) is 0 Å². The van der Waals surface area contributed by atoms with Crippen molar-refractivity contribution < 1.29 is 5.11 Å². The van der Waals surface area contributed by atoms with E-state index in [0.717, 1.165) is 24.1 Å².